The summed E-state index contributed by atoms with van der Waals surface area (Å²) in [5.74, 6) is -0.537. The number of hydrogen-bond donors (Lipinski definition) is 0. The van der Waals surface area contributed by atoms with E-state index in [4.69, 9.17) is 16.9 Å². The molecule has 106 valence electrons. The Morgan fingerprint density at radius 3 is 2.76 bits per heavy atom. The summed E-state index contributed by atoms with van der Waals surface area (Å²) in [6, 6.07) is 7.76. The van der Waals surface area contributed by atoms with Crippen LogP contribution in [0.15, 0.2) is 34.2 Å². The third kappa shape index (κ3) is 2.86. The van der Waals surface area contributed by atoms with Gasteiger partial charge in [0.2, 0.25) is 0 Å². The van der Waals surface area contributed by atoms with Gasteiger partial charge in [-0.05, 0) is 37.6 Å². The van der Waals surface area contributed by atoms with Crippen LogP contribution < -0.4 is 5.56 Å². The van der Waals surface area contributed by atoms with Crippen LogP contribution in [0.25, 0.3) is 0 Å². The van der Waals surface area contributed by atoms with Gasteiger partial charge < -0.3 is 0 Å². The van der Waals surface area contributed by atoms with Gasteiger partial charge in [-0.3, -0.25) is 4.79 Å². The Morgan fingerprint density at radius 2 is 2.14 bits per heavy atom. The number of halogens is 2. The van der Waals surface area contributed by atoms with E-state index in [9.17, 15) is 9.18 Å². The van der Waals surface area contributed by atoms with E-state index in [0.29, 0.717) is 11.3 Å². The minimum absolute atomic E-state index is 0.0115. The topological polar surface area (TPSA) is 58.1 Å². The van der Waals surface area contributed by atoms with Gasteiger partial charge in [0.1, 0.15) is 17.4 Å². The van der Waals surface area contributed by atoms with Gasteiger partial charge >= 0.3 is 0 Å². The van der Waals surface area contributed by atoms with Crippen molar-refractivity contribution < 1.29 is 4.39 Å². The van der Waals surface area contributed by atoms with Crippen LogP contribution in [0.1, 0.15) is 22.4 Å². The summed E-state index contributed by atoms with van der Waals surface area (Å²) in [7, 11) is 0. The molecular formula is C15H11ClFN3O. The number of nitrogens with zero attached hydrogens (tertiary/aromatic N) is 3. The summed E-state index contributed by atoms with van der Waals surface area (Å²) >= 11 is 5.89. The Balaban J connectivity index is 2.58. The van der Waals surface area contributed by atoms with Crippen LogP contribution >= 0.6 is 11.6 Å². The number of benzene rings is 1. The molecule has 0 aliphatic heterocycles. The summed E-state index contributed by atoms with van der Waals surface area (Å²) in [5.41, 5.74) is 0.677. The Labute approximate surface area is 125 Å². The van der Waals surface area contributed by atoms with Crippen molar-refractivity contribution in [2.75, 3.05) is 0 Å². The number of nitriles is 1. The third-order valence-corrected chi connectivity index (χ3v) is 3.30. The van der Waals surface area contributed by atoms with Crippen molar-refractivity contribution >= 4 is 17.8 Å². The van der Waals surface area contributed by atoms with E-state index in [1.54, 1.807) is 19.9 Å². The molecule has 0 fully saturated rings. The van der Waals surface area contributed by atoms with Crippen molar-refractivity contribution in [2.24, 2.45) is 5.10 Å². The first-order chi connectivity index (χ1) is 9.95. The zero-order chi connectivity index (χ0) is 15.6. The lowest BCUT2D eigenvalue weighted by atomic mass is 10.1. The van der Waals surface area contributed by atoms with Crippen LogP contribution in [0.5, 0.6) is 0 Å². The van der Waals surface area contributed by atoms with Crippen LogP contribution in [-0.4, -0.2) is 10.9 Å². The standard InChI is InChI=1S/C15H11ClFN3O/c1-9-6-10(2)20(15(21)11(9)7-18)19-8-12-13(16)4-3-5-14(12)17/h3-6,8H,1-2H3/b19-8+. The molecule has 0 N–H and O–H groups in total. The number of rotatable bonds is 2. The summed E-state index contributed by atoms with van der Waals surface area (Å²) in [6.45, 7) is 3.35. The second-order valence-corrected chi connectivity index (χ2v) is 4.86. The molecule has 2 aromatic rings. The van der Waals surface area contributed by atoms with E-state index in [1.807, 2.05) is 6.07 Å². The first kappa shape index (κ1) is 14.9. The second kappa shape index (κ2) is 5.90. The molecule has 0 bridgehead atoms. The Morgan fingerprint density at radius 1 is 1.43 bits per heavy atom. The lowest BCUT2D eigenvalue weighted by molar-refractivity contribution is 0.625. The fourth-order valence-corrected chi connectivity index (χ4v) is 2.12. The number of pyridine rings is 1. The van der Waals surface area contributed by atoms with Gasteiger partial charge in [0.15, 0.2) is 0 Å². The first-order valence-electron chi connectivity index (χ1n) is 6.07. The van der Waals surface area contributed by atoms with Gasteiger partial charge in [0.25, 0.3) is 5.56 Å². The van der Waals surface area contributed by atoms with Crippen molar-refractivity contribution in [3.63, 3.8) is 0 Å². The molecule has 0 atom stereocenters. The fourth-order valence-electron chi connectivity index (χ4n) is 1.91. The minimum Gasteiger partial charge on any atom is -0.266 e. The highest BCUT2D eigenvalue weighted by atomic mass is 35.5. The van der Waals surface area contributed by atoms with Crippen LogP contribution in [0, 0.1) is 31.0 Å². The second-order valence-electron chi connectivity index (χ2n) is 4.45. The van der Waals surface area contributed by atoms with Crippen molar-refractivity contribution in [3.8, 4) is 6.07 Å². The molecule has 0 unspecified atom stereocenters. The predicted octanol–water partition coefficient (Wildman–Crippen LogP) is 3.01. The van der Waals surface area contributed by atoms with E-state index in [2.05, 4.69) is 5.10 Å². The molecule has 0 aliphatic rings. The molecular weight excluding hydrogens is 293 g/mol. The maximum absolute atomic E-state index is 13.6. The maximum atomic E-state index is 13.6. The molecule has 1 aromatic carbocycles. The molecule has 1 aromatic heterocycles. The number of hydrogen-bond acceptors (Lipinski definition) is 3. The van der Waals surface area contributed by atoms with Crippen molar-refractivity contribution in [1.82, 2.24) is 4.68 Å². The third-order valence-electron chi connectivity index (χ3n) is 2.97. The highest BCUT2D eigenvalue weighted by Gasteiger charge is 2.10. The fraction of sp³-hybridized carbons (Fsp3) is 0.133. The molecule has 6 heteroatoms. The van der Waals surface area contributed by atoms with E-state index in [0.717, 1.165) is 4.68 Å². The maximum Gasteiger partial charge on any atom is 0.289 e. The number of aromatic nitrogens is 1. The highest BCUT2D eigenvalue weighted by Crippen LogP contribution is 2.16. The van der Waals surface area contributed by atoms with Crippen molar-refractivity contribution in [3.05, 3.63) is 67.8 Å². The average Bonchev–Trinajstić information content (AvgIpc) is 2.41. The molecule has 4 nitrogen and oxygen atoms in total. The molecule has 0 aliphatic carbocycles. The largest absolute Gasteiger partial charge is 0.289 e. The minimum atomic E-state index is -0.543. The number of aryl methyl sites for hydroxylation is 2. The predicted molar refractivity (Wildman–Crippen MR) is 79.3 cm³/mol. The molecule has 0 spiro atoms. The molecule has 0 saturated carbocycles. The van der Waals surface area contributed by atoms with Crippen LogP contribution in [0.4, 0.5) is 4.39 Å². The quantitative estimate of drug-likeness (QED) is 0.801. The normalized spacial score (nSPS) is 10.8. The SMILES string of the molecule is Cc1cc(C)n(/N=C/c2c(F)cccc2Cl)c(=O)c1C#N. The van der Waals surface area contributed by atoms with Gasteiger partial charge in [0.05, 0.1) is 11.2 Å². The van der Waals surface area contributed by atoms with Gasteiger partial charge in [-0.2, -0.15) is 10.4 Å². The Kier molecular flexibility index (Phi) is 4.20. The van der Waals surface area contributed by atoms with Gasteiger partial charge in [0, 0.05) is 11.3 Å². The molecule has 0 saturated heterocycles. The Hall–Kier alpha value is -2.45. The molecule has 1 heterocycles. The van der Waals surface area contributed by atoms with E-state index in [-0.39, 0.29) is 16.1 Å². The lowest BCUT2D eigenvalue weighted by Crippen LogP contribution is -2.22. The summed E-state index contributed by atoms with van der Waals surface area (Å²) < 4.78 is 14.7. The molecule has 2 rings (SSSR count). The smallest absolute Gasteiger partial charge is 0.266 e. The monoisotopic (exact) mass is 303 g/mol. The first-order valence-corrected chi connectivity index (χ1v) is 6.45. The van der Waals surface area contributed by atoms with Crippen LogP contribution in [0.2, 0.25) is 5.02 Å². The highest BCUT2D eigenvalue weighted by molar-refractivity contribution is 6.33. The van der Waals surface area contributed by atoms with E-state index < -0.39 is 11.4 Å². The van der Waals surface area contributed by atoms with Gasteiger partial charge in [-0.1, -0.05) is 17.7 Å². The van der Waals surface area contributed by atoms with E-state index in [1.165, 1.54) is 24.4 Å². The zero-order valence-electron chi connectivity index (χ0n) is 11.4. The summed E-state index contributed by atoms with van der Waals surface area (Å²) in [6.07, 6.45) is 1.17. The molecule has 0 amide bonds. The zero-order valence-corrected chi connectivity index (χ0v) is 12.1. The summed E-state index contributed by atoms with van der Waals surface area (Å²) in [4.78, 5) is 12.1. The van der Waals surface area contributed by atoms with Crippen LogP contribution in [-0.2, 0) is 0 Å². The van der Waals surface area contributed by atoms with Crippen molar-refractivity contribution in [1.29, 1.82) is 5.26 Å². The van der Waals surface area contributed by atoms with Crippen LogP contribution in [0.3, 0.4) is 0 Å². The average molecular weight is 304 g/mol. The van der Waals surface area contributed by atoms with Gasteiger partial charge in [-0.15, -0.1) is 0 Å². The van der Waals surface area contributed by atoms with E-state index >= 15 is 0 Å². The molecule has 0 radical (unpaired) electrons. The summed E-state index contributed by atoms with van der Waals surface area (Å²) in [5, 5.41) is 13.1. The Bertz CT molecular complexity index is 814. The molecule has 21 heavy (non-hydrogen) atoms. The lowest BCUT2D eigenvalue weighted by Gasteiger charge is -2.06. The van der Waals surface area contributed by atoms with Gasteiger partial charge in [-0.25, -0.2) is 9.07 Å². The van der Waals surface area contributed by atoms with Crippen molar-refractivity contribution in [2.45, 2.75) is 13.8 Å².